The summed E-state index contributed by atoms with van der Waals surface area (Å²) in [4.78, 5) is 28.9. The van der Waals surface area contributed by atoms with E-state index < -0.39 is 24.2 Å². The lowest BCUT2D eigenvalue weighted by atomic mass is 10.2. The van der Waals surface area contributed by atoms with E-state index in [2.05, 4.69) is 10.3 Å². The molecule has 196 valence electrons. The zero-order valence-electron chi connectivity index (χ0n) is 19.5. The van der Waals surface area contributed by atoms with Crippen LogP contribution in [0.25, 0.3) is 10.9 Å². The van der Waals surface area contributed by atoms with Crippen molar-refractivity contribution in [1.29, 1.82) is 0 Å². The van der Waals surface area contributed by atoms with Crippen LogP contribution < -0.4 is 10.9 Å². The molecule has 1 aliphatic heterocycles. The van der Waals surface area contributed by atoms with E-state index in [0.717, 1.165) is 6.33 Å². The van der Waals surface area contributed by atoms with Crippen LogP contribution in [0, 0.1) is 5.82 Å². The van der Waals surface area contributed by atoms with Crippen LogP contribution in [0.5, 0.6) is 0 Å². The summed E-state index contributed by atoms with van der Waals surface area (Å²) in [5.41, 5.74) is 0.0432. The third-order valence-corrected chi connectivity index (χ3v) is 5.73. The summed E-state index contributed by atoms with van der Waals surface area (Å²) in [6.07, 6.45) is -1.89. The molecule has 2 aromatic carbocycles. The highest BCUT2D eigenvalue weighted by Crippen LogP contribution is 2.22. The number of nitrogens with zero attached hydrogens (tertiary/aromatic N) is 3. The van der Waals surface area contributed by atoms with Gasteiger partial charge in [-0.25, -0.2) is 18.3 Å². The van der Waals surface area contributed by atoms with Crippen LogP contribution in [-0.4, -0.2) is 61.5 Å². The Morgan fingerprint density at radius 2 is 1.86 bits per heavy atom. The number of hydrogen-bond donors (Lipinski definition) is 4. The molecule has 1 unspecified atom stereocenters. The summed E-state index contributed by atoms with van der Waals surface area (Å²) < 4.78 is 24.9. The number of carbonyl (C=O) groups is 1. The SMILES string of the molecule is CC.Fc1ccc(Cl)c(Cl)c1.O=C(CF)N1CCC(Nc2ccc3ncn(C(O)(O)O)c(=O)c3c2)C1. The van der Waals surface area contributed by atoms with Crippen molar-refractivity contribution in [3.05, 3.63) is 68.9 Å². The summed E-state index contributed by atoms with van der Waals surface area (Å²) in [5.74, 6) is -0.926. The number of fused-ring (bicyclic) bond motifs is 1. The third-order valence-electron chi connectivity index (χ3n) is 4.99. The number of hydrogen-bond acceptors (Lipinski definition) is 7. The van der Waals surface area contributed by atoms with E-state index in [1.54, 1.807) is 12.1 Å². The summed E-state index contributed by atoms with van der Waals surface area (Å²) in [6, 6.07) is 8.46. The van der Waals surface area contributed by atoms with Crippen LogP contribution in [-0.2, 0) is 10.9 Å². The van der Waals surface area contributed by atoms with Crippen molar-refractivity contribution >= 4 is 45.7 Å². The summed E-state index contributed by atoms with van der Waals surface area (Å²) >= 11 is 10.9. The minimum absolute atomic E-state index is 0.0729. The number of alkyl halides is 1. The van der Waals surface area contributed by atoms with Crippen LogP contribution in [0.2, 0.25) is 10.0 Å². The fraction of sp³-hybridized carbons (Fsp3) is 0.348. The summed E-state index contributed by atoms with van der Waals surface area (Å²) in [6.45, 7) is 3.77. The molecular formula is C23H26Cl2F2N4O5. The van der Waals surface area contributed by atoms with Gasteiger partial charge >= 0.3 is 6.10 Å². The van der Waals surface area contributed by atoms with E-state index in [9.17, 15) is 33.7 Å². The first-order valence-corrected chi connectivity index (χ1v) is 11.6. The molecule has 9 nitrogen and oxygen atoms in total. The molecule has 1 aliphatic rings. The molecule has 4 rings (SSSR count). The summed E-state index contributed by atoms with van der Waals surface area (Å²) in [5, 5.41) is 31.4. The standard InChI is InChI=1S/C15H17FN4O5.C6H3Cl2F.C2H6/c16-6-13(21)19-4-3-10(7-19)18-9-1-2-12-11(5-9)14(22)20(8-17-12)15(23,24)25;7-5-2-1-4(9)3-6(5)8;1-2/h1-2,5,8,10,18,23-25H,3-4,6-7H2;1-3H;1-2H3. The summed E-state index contributed by atoms with van der Waals surface area (Å²) in [7, 11) is 0. The number of benzene rings is 2. The van der Waals surface area contributed by atoms with Gasteiger partial charge in [-0.3, -0.25) is 9.59 Å². The molecule has 1 aromatic heterocycles. The molecular weight excluding hydrogens is 521 g/mol. The second kappa shape index (κ2) is 12.9. The second-order valence-corrected chi connectivity index (χ2v) is 8.23. The van der Waals surface area contributed by atoms with E-state index in [-0.39, 0.29) is 26.8 Å². The van der Waals surface area contributed by atoms with Crippen LogP contribution in [0.1, 0.15) is 20.3 Å². The van der Waals surface area contributed by atoms with Crippen LogP contribution >= 0.6 is 23.2 Å². The number of rotatable bonds is 4. The highest BCUT2D eigenvalue weighted by atomic mass is 35.5. The van der Waals surface area contributed by atoms with Crippen molar-refractivity contribution in [2.45, 2.75) is 32.4 Å². The third kappa shape index (κ3) is 7.58. The number of anilines is 1. The highest BCUT2D eigenvalue weighted by molar-refractivity contribution is 6.41. The normalized spacial score (nSPS) is 15.0. The Morgan fingerprint density at radius 1 is 1.17 bits per heavy atom. The molecule has 36 heavy (non-hydrogen) atoms. The van der Waals surface area contributed by atoms with Crippen molar-refractivity contribution in [3.63, 3.8) is 0 Å². The van der Waals surface area contributed by atoms with Crippen molar-refractivity contribution < 1.29 is 28.9 Å². The molecule has 0 saturated carbocycles. The van der Waals surface area contributed by atoms with Crippen LogP contribution in [0.3, 0.4) is 0 Å². The first-order chi connectivity index (χ1) is 17.0. The lowest BCUT2D eigenvalue weighted by Crippen LogP contribution is -2.40. The molecule has 1 saturated heterocycles. The maximum atomic E-state index is 12.4. The number of aliphatic hydroxyl groups is 3. The van der Waals surface area contributed by atoms with Gasteiger partial charge in [0.25, 0.3) is 11.5 Å². The van der Waals surface area contributed by atoms with Gasteiger partial charge < -0.3 is 25.5 Å². The van der Waals surface area contributed by atoms with Crippen molar-refractivity contribution in [3.8, 4) is 0 Å². The lowest BCUT2D eigenvalue weighted by Gasteiger charge is -2.18. The molecule has 0 aliphatic carbocycles. The van der Waals surface area contributed by atoms with Crippen molar-refractivity contribution in [2.24, 2.45) is 0 Å². The minimum Gasteiger partial charge on any atom is -0.380 e. The smallest absolute Gasteiger partial charge is 0.377 e. The Hall–Kier alpha value is -2.83. The second-order valence-electron chi connectivity index (χ2n) is 7.41. The van der Waals surface area contributed by atoms with Gasteiger partial charge in [0.05, 0.1) is 20.9 Å². The largest absolute Gasteiger partial charge is 0.380 e. The molecule has 3 aromatic rings. The van der Waals surface area contributed by atoms with Gasteiger partial charge in [0.1, 0.15) is 12.1 Å². The first kappa shape index (κ1) is 29.4. The average Bonchev–Trinajstić information content (AvgIpc) is 3.31. The Balaban J connectivity index is 0.000000347. The van der Waals surface area contributed by atoms with Crippen molar-refractivity contribution in [1.82, 2.24) is 14.5 Å². The van der Waals surface area contributed by atoms with E-state index in [4.69, 9.17) is 23.2 Å². The van der Waals surface area contributed by atoms with E-state index in [0.29, 0.717) is 35.7 Å². The van der Waals surface area contributed by atoms with Gasteiger partial charge in [0.2, 0.25) is 0 Å². The van der Waals surface area contributed by atoms with Gasteiger partial charge in [-0.2, -0.15) is 0 Å². The molecule has 0 spiro atoms. The van der Waals surface area contributed by atoms with E-state index in [1.165, 1.54) is 29.2 Å². The maximum absolute atomic E-state index is 12.4. The molecule has 0 bridgehead atoms. The molecule has 1 atom stereocenters. The predicted molar refractivity (Wildman–Crippen MR) is 133 cm³/mol. The average molecular weight is 547 g/mol. The number of amides is 1. The number of likely N-dealkylation sites (tertiary alicyclic amines) is 1. The van der Waals surface area contributed by atoms with Crippen LogP contribution in [0.4, 0.5) is 14.5 Å². The van der Waals surface area contributed by atoms with E-state index >= 15 is 0 Å². The van der Waals surface area contributed by atoms with Gasteiger partial charge in [-0.1, -0.05) is 37.0 Å². The molecule has 1 fully saturated rings. The number of halogens is 4. The van der Waals surface area contributed by atoms with E-state index in [1.807, 2.05) is 13.8 Å². The number of aromatic nitrogens is 2. The molecule has 1 amide bonds. The molecule has 4 N–H and O–H groups in total. The maximum Gasteiger partial charge on any atom is 0.377 e. The van der Waals surface area contributed by atoms with Crippen molar-refractivity contribution in [2.75, 3.05) is 25.1 Å². The van der Waals surface area contributed by atoms with Gasteiger partial charge in [-0.15, -0.1) is 0 Å². The topological polar surface area (TPSA) is 128 Å². The monoisotopic (exact) mass is 546 g/mol. The molecule has 2 heterocycles. The molecule has 0 radical (unpaired) electrons. The van der Waals surface area contributed by atoms with Gasteiger partial charge in [0, 0.05) is 24.8 Å². The quantitative estimate of drug-likeness (QED) is 0.292. The predicted octanol–water partition coefficient (Wildman–Crippen LogP) is 3.08. The lowest BCUT2D eigenvalue weighted by molar-refractivity contribution is -0.377. The van der Waals surface area contributed by atoms with Gasteiger partial charge in [-0.05, 0) is 42.8 Å². The zero-order chi connectivity index (χ0) is 27.0. The molecule has 13 heteroatoms. The Labute approximate surface area is 215 Å². The zero-order valence-corrected chi connectivity index (χ0v) is 21.0. The minimum atomic E-state index is -3.35. The van der Waals surface area contributed by atoms with Gasteiger partial charge in [0.15, 0.2) is 6.67 Å². The fourth-order valence-electron chi connectivity index (χ4n) is 3.32. The number of carbonyl (C=O) groups excluding carboxylic acids is 1. The Bertz CT molecular complexity index is 1250. The first-order valence-electron chi connectivity index (χ1n) is 10.9. The Morgan fingerprint density at radius 3 is 2.44 bits per heavy atom. The Kier molecular flexibility index (Phi) is 10.6. The fourth-order valence-corrected chi connectivity index (χ4v) is 3.61. The number of nitrogens with one attached hydrogen (secondary N) is 1. The highest BCUT2D eigenvalue weighted by Gasteiger charge is 2.27. The van der Waals surface area contributed by atoms with Crippen LogP contribution in [0.15, 0.2) is 47.5 Å².